The van der Waals surface area contributed by atoms with Crippen molar-refractivity contribution in [2.45, 2.75) is 39.7 Å². The van der Waals surface area contributed by atoms with E-state index in [1.54, 1.807) is 9.80 Å². The van der Waals surface area contributed by atoms with Crippen LogP contribution in [0.3, 0.4) is 0 Å². The highest BCUT2D eigenvalue weighted by Crippen LogP contribution is 2.14. The minimum Gasteiger partial charge on any atom is -0.464 e. The van der Waals surface area contributed by atoms with Crippen LogP contribution in [0.5, 0.6) is 0 Å². The summed E-state index contributed by atoms with van der Waals surface area (Å²) >= 11 is 0. The number of hydrogen-bond donors (Lipinski definition) is 1. The number of likely N-dealkylation sites (tertiary alicyclic amines) is 1. The Morgan fingerprint density at radius 2 is 1.62 bits per heavy atom. The molecule has 3 aromatic rings. The highest BCUT2D eigenvalue weighted by molar-refractivity contribution is 5.92. The third kappa shape index (κ3) is 8.22. The van der Waals surface area contributed by atoms with Crippen LogP contribution in [0.1, 0.15) is 35.5 Å². The van der Waals surface area contributed by atoms with E-state index in [2.05, 4.69) is 22.3 Å². The number of urea groups is 1. The van der Waals surface area contributed by atoms with Gasteiger partial charge in [-0.15, -0.1) is 0 Å². The molecule has 7 nitrogen and oxygen atoms in total. The normalized spacial score (nSPS) is 13.5. The van der Waals surface area contributed by atoms with Gasteiger partial charge in [0.25, 0.3) is 0 Å². The minimum absolute atomic E-state index is 0.0139. The molecule has 0 radical (unpaired) electrons. The van der Waals surface area contributed by atoms with E-state index in [9.17, 15) is 9.59 Å². The average Bonchev–Trinajstić information content (AvgIpc) is 3.57. The van der Waals surface area contributed by atoms with Gasteiger partial charge in [0.2, 0.25) is 5.91 Å². The molecule has 1 aliphatic heterocycles. The largest absolute Gasteiger partial charge is 0.464 e. The van der Waals surface area contributed by atoms with Crippen LogP contribution in [0.4, 0.5) is 10.5 Å². The number of anilines is 1. The number of amides is 3. The van der Waals surface area contributed by atoms with E-state index in [1.165, 1.54) is 18.4 Å². The van der Waals surface area contributed by atoms with Crippen LogP contribution in [-0.2, 0) is 17.8 Å². The van der Waals surface area contributed by atoms with Gasteiger partial charge in [0.05, 0.1) is 6.54 Å². The van der Waals surface area contributed by atoms with E-state index < -0.39 is 0 Å². The Morgan fingerprint density at radius 1 is 0.892 bits per heavy atom. The molecular weight excluding hydrogens is 464 g/mol. The monoisotopic (exact) mass is 502 g/mol. The van der Waals surface area contributed by atoms with Crippen molar-refractivity contribution in [3.05, 3.63) is 89.4 Å². The van der Waals surface area contributed by atoms with Gasteiger partial charge in [0, 0.05) is 25.3 Å². The maximum absolute atomic E-state index is 13.6. The molecule has 1 fully saturated rings. The van der Waals surface area contributed by atoms with Crippen molar-refractivity contribution in [1.29, 1.82) is 0 Å². The Morgan fingerprint density at radius 3 is 2.30 bits per heavy atom. The molecule has 1 aliphatic rings. The molecule has 0 atom stereocenters. The maximum atomic E-state index is 13.6. The van der Waals surface area contributed by atoms with Gasteiger partial charge < -0.3 is 24.4 Å². The summed E-state index contributed by atoms with van der Waals surface area (Å²) in [4.78, 5) is 32.7. The second-order valence-electron chi connectivity index (χ2n) is 9.83. The molecule has 1 saturated heterocycles. The number of nitrogens with zero attached hydrogens (tertiary/aromatic N) is 3. The highest BCUT2D eigenvalue weighted by Gasteiger charge is 2.24. The first-order valence-electron chi connectivity index (χ1n) is 13.2. The van der Waals surface area contributed by atoms with E-state index >= 15 is 0 Å². The molecular formula is C30H38N4O3. The van der Waals surface area contributed by atoms with E-state index in [4.69, 9.17) is 4.42 Å². The van der Waals surface area contributed by atoms with Crippen molar-refractivity contribution >= 4 is 17.6 Å². The molecule has 3 amide bonds. The second kappa shape index (κ2) is 13.1. The molecule has 0 unspecified atom stereocenters. The van der Waals surface area contributed by atoms with Crippen molar-refractivity contribution < 1.29 is 14.0 Å². The fourth-order valence-corrected chi connectivity index (χ4v) is 4.58. The quantitative estimate of drug-likeness (QED) is 0.396. The van der Waals surface area contributed by atoms with Gasteiger partial charge in [-0.05, 0) is 76.0 Å². The van der Waals surface area contributed by atoms with Crippen molar-refractivity contribution in [2.24, 2.45) is 0 Å². The van der Waals surface area contributed by atoms with Gasteiger partial charge in [-0.1, -0.05) is 48.0 Å². The average molecular weight is 503 g/mol. The molecule has 196 valence electrons. The summed E-state index contributed by atoms with van der Waals surface area (Å²) in [5.74, 6) is 1.47. The van der Waals surface area contributed by atoms with Gasteiger partial charge in [0.1, 0.15) is 18.1 Å². The summed E-state index contributed by atoms with van der Waals surface area (Å²) in [5, 5.41) is 2.98. The SMILES string of the molecule is Cc1ccc(NC(=O)N(CCN2CCCC2)CC(=O)N(CCc2ccccc2)Cc2ccc(C)o2)cc1. The Hall–Kier alpha value is -3.58. The smallest absolute Gasteiger partial charge is 0.322 e. The lowest BCUT2D eigenvalue weighted by atomic mass is 10.1. The molecule has 0 spiro atoms. The second-order valence-corrected chi connectivity index (χ2v) is 9.83. The van der Waals surface area contributed by atoms with Crippen LogP contribution >= 0.6 is 0 Å². The van der Waals surface area contributed by atoms with Crippen LogP contribution in [0.15, 0.2) is 71.1 Å². The maximum Gasteiger partial charge on any atom is 0.322 e. The number of aryl methyl sites for hydroxylation is 2. The first kappa shape index (κ1) is 26.5. The van der Waals surface area contributed by atoms with Crippen molar-refractivity contribution in [2.75, 3.05) is 44.6 Å². The Labute approximate surface area is 220 Å². The van der Waals surface area contributed by atoms with E-state index in [0.29, 0.717) is 19.6 Å². The molecule has 37 heavy (non-hydrogen) atoms. The predicted octanol–water partition coefficient (Wildman–Crippen LogP) is 5.10. The van der Waals surface area contributed by atoms with Gasteiger partial charge in [-0.3, -0.25) is 4.79 Å². The first-order chi connectivity index (χ1) is 18.0. The van der Waals surface area contributed by atoms with Crippen molar-refractivity contribution in [3.63, 3.8) is 0 Å². The molecule has 2 aromatic carbocycles. The van der Waals surface area contributed by atoms with Crippen molar-refractivity contribution in [3.8, 4) is 0 Å². The standard InChI is InChI=1S/C30H38N4O3/c1-24-10-13-27(14-11-24)31-30(36)34(21-20-32-17-6-7-18-32)23-29(35)33(22-28-15-12-25(2)37-28)19-16-26-8-4-3-5-9-26/h3-5,8-15H,6-7,16-23H2,1-2H3,(H,31,36). The summed E-state index contributed by atoms with van der Waals surface area (Å²) in [7, 11) is 0. The Kier molecular flexibility index (Phi) is 9.38. The van der Waals surface area contributed by atoms with E-state index in [1.807, 2.05) is 68.4 Å². The number of furan rings is 1. The predicted molar refractivity (Wildman–Crippen MR) is 146 cm³/mol. The van der Waals surface area contributed by atoms with Crippen LogP contribution in [0.2, 0.25) is 0 Å². The number of nitrogens with one attached hydrogen (secondary N) is 1. The van der Waals surface area contributed by atoms with Crippen LogP contribution in [0.25, 0.3) is 0 Å². The molecule has 2 heterocycles. The summed E-state index contributed by atoms with van der Waals surface area (Å²) in [6, 6.07) is 21.4. The fourth-order valence-electron chi connectivity index (χ4n) is 4.58. The van der Waals surface area contributed by atoms with Crippen LogP contribution in [-0.4, -0.2) is 65.9 Å². The topological polar surface area (TPSA) is 69.0 Å². The van der Waals surface area contributed by atoms with E-state index in [0.717, 1.165) is 48.8 Å². The number of hydrogen-bond acceptors (Lipinski definition) is 4. The third-order valence-electron chi connectivity index (χ3n) is 6.81. The molecule has 0 saturated carbocycles. The highest BCUT2D eigenvalue weighted by atomic mass is 16.3. The first-order valence-corrected chi connectivity index (χ1v) is 13.2. The summed E-state index contributed by atoms with van der Waals surface area (Å²) in [6.07, 6.45) is 3.10. The zero-order valence-corrected chi connectivity index (χ0v) is 22.0. The van der Waals surface area contributed by atoms with Gasteiger partial charge in [-0.25, -0.2) is 4.79 Å². The van der Waals surface area contributed by atoms with Gasteiger partial charge in [-0.2, -0.15) is 0 Å². The third-order valence-corrected chi connectivity index (χ3v) is 6.81. The zero-order valence-electron chi connectivity index (χ0n) is 22.0. The lowest BCUT2D eigenvalue weighted by Crippen LogP contribution is -2.47. The molecule has 1 aromatic heterocycles. The van der Waals surface area contributed by atoms with Crippen LogP contribution < -0.4 is 5.32 Å². The number of benzene rings is 2. The molecule has 1 N–H and O–H groups in total. The molecule has 7 heteroatoms. The van der Waals surface area contributed by atoms with Gasteiger partial charge in [0.15, 0.2) is 0 Å². The number of carbonyl (C=O) groups is 2. The van der Waals surface area contributed by atoms with Gasteiger partial charge >= 0.3 is 6.03 Å². The summed E-state index contributed by atoms with van der Waals surface area (Å²) in [6.45, 7) is 8.18. The minimum atomic E-state index is -0.256. The molecule has 0 aliphatic carbocycles. The van der Waals surface area contributed by atoms with Crippen LogP contribution in [0, 0.1) is 13.8 Å². The Bertz CT molecular complexity index is 1140. The molecule has 0 bridgehead atoms. The lowest BCUT2D eigenvalue weighted by Gasteiger charge is -2.29. The van der Waals surface area contributed by atoms with Crippen molar-refractivity contribution in [1.82, 2.24) is 14.7 Å². The molecule has 4 rings (SSSR count). The summed E-state index contributed by atoms with van der Waals surface area (Å²) in [5.41, 5.74) is 3.02. The Balaban J connectivity index is 1.46. The summed E-state index contributed by atoms with van der Waals surface area (Å²) < 4.78 is 5.78. The van der Waals surface area contributed by atoms with E-state index in [-0.39, 0.29) is 18.5 Å². The number of rotatable bonds is 11. The lowest BCUT2D eigenvalue weighted by molar-refractivity contribution is -0.132. The number of carbonyl (C=O) groups excluding carboxylic acids is 2. The zero-order chi connectivity index (χ0) is 26.0. The fraction of sp³-hybridized carbons (Fsp3) is 0.400.